The molecule has 0 amide bonds. The quantitative estimate of drug-likeness (QED) is 0.916. The predicted octanol–water partition coefficient (Wildman–Crippen LogP) is 2.95. The number of ketones is 1. The van der Waals surface area contributed by atoms with Crippen LogP contribution < -0.4 is 11.1 Å². The fourth-order valence-electron chi connectivity index (χ4n) is 2.85. The van der Waals surface area contributed by atoms with Gasteiger partial charge in [0.1, 0.15) is 6.04 Å². The molecular formula is C19H19N3O. The summed E-state index contributed by atoms with van der Waals surface area (Å²) in [6, 6.07) is 17.3. The minimum atomic E-state index is -0.385. The smallest absolute Gasteiger partial charge is 0.194 e. The summed E-state index contributed by atoms with van der Waals surface area (Å²) in [6.07, 6.45) is 0. The molecule has 0 spiro atoms. The Morgan fingerprint density at radius 1 is 1.13 bits per heavy atom. The van der Waals surface area contributed by atoms with Crippen LogP contribution in [0.3, 0.4) is 0 Å². The molecule has 0 fully saturated rings. The molecule has 116 valence electrons. The Morgan fingerprint density at radius 2 is 1.87 bits per heavy atom. The molecular weight excluding hydrogens is 286 g/mol. The maximum Gasteiger partial charge on any atom is 0.194 e. The van der Waals surface area contributed by atoms with Crippen molar-refractivity contribution < 1.29 is 4.79 Å². The molecule has 4 heteroatoms. The van der Waals surface area contributed by atoms with Crippen LogP contribution in [0.5, 0.6) is 0 Å². The van der Waals surface area contributed by atoms with Crippen molar-refractivity contribution in [3.05, 3.63) is 76.9 Å². The normalized spacial score (nSPS) is 17.5. The van der Waals surface area contributed by atoms with Crippen LogP contribution in [-0.4, -0.2) is 11.7 Å². The molecule has 0 radical (unpaired) electrons. The van der Waals surface area contributed by atoms with E-state index in [2.05, 4.69) is 10.3 Å². The number of Topliss-reactive ketones (excluding diaryl/α,β-unsaturated/α-hetero) is 1. The van der Waals surface area contributed by atoms with Crippen LogP contribution in [-0.2, 0) is 4.79 Å². The minimum Gasteiger partial charge on any atom is -0.370 e. The lowest BCUT2D eigenvalue weighted by atomic mass is 9.90. The molecule has 3 N–H and O–H groups in total. The van der Waals surface area contributed by atoms with E-state index in [-0.39, 0.29) is 11.8 Å². The lowest BCUT2D eigenvalue weighted by Crippen LogP contribution is -2.36. The summed E-state index contributed by atoms with van der Waals surface area (Å²) in [5, 5.41) is 3.06. The van der Waals surface area contributed by atoms with E-state index in [9.17, 15) is 4.79 Å². The summed E-state index contributed by atoms with van der Waals surface area (Å²) in [5.74, 6) is 0.305. The van der Waals surface area contributed by atoms with Crippen LogP contribution in [0.4, 0.5) is 0 Å². The third-order valence-electron chi connectivity index (χ3n) is 3.86. The van der Waals surface area contributed by atoms with Gasteiger partial charge in [-0.3, -0.25) is 4.79 Å². The van der Waals surface area contributed by atoms with Crippen molar-refractivity contribution >= 4 is 17.4 Å². The Morgan fingerprint density at radius 3 is 2.52 bits per heavy atom. The molecule has 1 atom stereocenters. The highest BCUT2D eigenvalue weighted by Crippen LogP contribution is 2.34. The Labute approximate surface area is 135 Å². The topological polar surface area (TPSA) is 67.5 Å². The van der Waals surface area contributed by atoms with E-state index in [0.717, 1.165) is 22.4 Å². The molecule has 4 nitrogen and oxygen atoms in total. The number of carbonyl (C=O) groups is 1. The van der Waals surface area contributed by atoms with E-state index in [1.807, 2.05) is 61.5 Å². The molecule has 0 saturated heterocycles. The van der Waals surface area contributed by atoms with Gasteiger partial charge < -0.3 is 11.1 Å². The predicted molar refractivity (Wildman–Crippen MR) is 92.7 cm³/mol. The van der Waals surface area contributed by atoms with Gasteiger partial charge in [0, 0.05) is 5.57 Å². The van der Waals surface area contributed by atoms with E-state index in [1.54, 1.807) is 6.92 Å². The Balaban J connectivity index is 2.19. The van der Waals surface area contributed by atoms with Gasteiger partial charge in [0.2, 0.25) is 0 Å². The summed E-state index contributed by atoms with van der Waals surface area (Å²) in [7, 11) is 0. The van der Waals surface area contributed by atoms with Gasteiger partial charge >= 0.3 is 0 Å². The summed E-state index contributed by atoms with van der Waals surface area (Å²) >= 11 is 0. The molecule has 1 heterocycles. The number of aryl methyl sites for hydroxylation is 1. The maximum absolute atomic E-state index is 12.3. The van der Waals surface area contributed by atoms with Crippen molar-refractivity contribution in [1.82, 2.24) is 5.32 Å². The zero-order chi connectivity index (χ0) is 16.4. The van der Waals surface area contributed by atoms with Crippen LogP contribution in [0.1, 0.15) is 29.7 Å². The molecule has 0 aromatic heterocycles. The van der Waals surface area contributed by atoms with Crippen molar-refractivity contribution in [3.8, 4) is 0 Å². The molecule has 2 aromatic carbocycles. The molecule has 3 rings (SSSR count). The highest BCUT2D eigenvalue weighted by atomic mass is 16.1. The van der Waals surface area contributed by atoms with E-state index in [0.29, 0.717) is 11.5 Å². The van der Waals surface area contributed by atoms with Crippen LogP contribution in [0.2, 0.25) is 0 Å². The molecule has 0 bridgehead atoms. The fraction of sp³-hybridized carbons (Fsp3) is 0.158. The number of carbonyl (C=O) groups excluding carboxylic acids is 1. The Bertz CT molecular complexity index is 806. The highest BCUT2D eigenvalue weighted by Gasteiger charge is 2.28. The lowest BCUT2D eigenvalue weighted by molar-refractivity contribution is -0.113. The van der Waals surface area contributed by atoms with Gasteiger partial charge in [-0.1, -0.05) is 60.2 Å². The first-order chi connectivity index (χ1) is 11.1. The van der Waals surface area contributed by atoms with Gasteiger partial charge in [0.05, 0.1) is 5.70 Å². The number of aliphatic imine (C=N–C) groups is 1. The van der Waals surface area contributed by atoms with Crippen molar-refractivity contribution in [2.45, 2.75) is 19.9 Å². The average Bonchev–Trinajstić information content (AvgIpc) is 2.54. The van der Waals surface area contributed by atoms with E-state index < -0.39 is 0 Å². The monoisotopic (exact) mass is 305 g/mol. The van der Waals surface area contributed by atoms with E-state index in [1.165, 1.54) is 0 Å². The van der Waals surface area contributed by atoms with Gasteiger partial charge in [-0.2, -0.15) is 0 Å². The zero-order valence-corrected chi connectivity index (χ0v) is 13.2. The standard InChI is InChI=1S/C19H19N3O/c1-12-7-6-10-15(11-12)18-16(13(2)23)17(21-19(20)22-18)14-8-4-3-5-9-14/h3-11,18H,1-2H3,(H3,20,21,22). The van der Waals surface area contributed by atoms with Crippen molar-refractivity contribution in [2.75, 3.05) is 0 Å². The SMILES string of the molecule is CC(=O)C1=C(c2ccccc2)NC(N)=NC1c1cccc(C)c1. The van der Waals surface area contributed by atoms with Gasteiger partial charge in [0.15, 0.2) is 11.7 Å². The highest BCUT2D eigenvalue weighted by molar-refractivity contribution is 6.06. The molecule has 0 saturated carbocycles. The number of guanidine groups is 1. The number of hydrogen-bond donors (Lipinski definition) is 2. The second kappa shape index (κ2) is 6.08. The molecule has 1 aliphatic rings. The Hall–Kier alpha value is -2.88. The largest absolute Gasteiger partial charge is 0.370 e. The van der Waals surface area contributed by atoms with E-state index in [4.69, 9.17) is 5.73 Å². The fourth-order valence-corrected chi connectivity index (χ4v) is 2.85. The summed E-state index contributed by atoms with van der Waals surface area (Å²) in [6.45, 7) is 3.59. The van der Waals surface area contributed by atoms with Gasteiger partial charge in [-0.05, 0) is 25.0 Å². The second-order valence-electron chi connectivity index (χ2n) is 5.67. The first kappa shape index (κ1) is 15.0. The number of rotatable bonds is 3. The zero-order valence-electron chi connectivity index (χ0n) is 13.2. The minimum absolute atomic E-state index is 0.0147. The number of nitrogens with one attached hydrogen (secondary N) is 1. The molecule has 23 heavy (non-hydrogen) atoms. The first-order valence-corrected chi connectivity index (χ1v) is 7.53. The second-order valence-corrected chi connectivity index (χ2v) is 5.67. The summed E-state index contributed by atoms with van der Waals surface area (Å²) in [4.78, 5) is 16.8. The number of nitrogens with two attached hydrogens (primary N) is 1. The van der Waals surface area contributed by atoms with Crippen molar-refractivity contribution in [2.24, 2.45) is 10.7 Å². The van der Waals surface area contributed by atoms with Crippen molar-refractivity contribution in [1.29, 1.82) is 0 Å². The number of nitrogens with zero attached hydrogens (tertiary/aromatic N) is 1. The number of benzene rings is 2. The average molecular weight is 305 g/mol. The summed E-state index contributed by atoms with van der Waals surface area (Å²) in [5.41, 5.74) is 10.4. The molecule has 2 aromatic rings. The van der Waals surface area contributed by atoms with Crippen LogP contribution in [0.25, 0.3) is 5.70 Å². The molecule has 1 unspecified atom stereocenters. The first-order valence-electron chi connectivity index (χ1n) is 7.53. The van der Waals surface area contributed by atoms with Gasteiger partial charge in [-0.15, -0.1) is 0 Å². The third-order valence-corrected chi connectivity index (χ3v) is 3.86. The van der Waals surface area contributed by atoms with E-state index >= 15 is 0 Å². The van der Waals surface area contributed by atoms with Crippen LogP contribution in [0, 0.1) is 6.92 Å². The Kier molecular flexibility index (Phi) is 3.98. The lowest BCUT2D eigenvalue weighted by Gasteiger charge is -2.26. The van der Waals surface area contributed by atoms with Crippen LogP contribution in [0.15, 0.2) is 65.2 Å². The third kappa shape index (κ3) is 3.01. The molecule has 0 aliphatic carbocycles. The maximum atomic E-state index is 12.3. The molecule has 1 aliphatic heterocycles. The van der Waals surface area contributed by atoms with Crippen LogP contribution >= 0.6 is 0 Å². The van der Waals surface area contributed by atoms with Crippen molar-refractivity contribution in [3.63, 3.8) is 0 Å². The van der Waals surface area contributed by atoms with Gasteiger partial charge in [-0.25, -0.2) is 4.99 Å². The van der Waals surface area contributed by atoms with Gasteiger partial charge in [0.25, 0.3) is 0 Å². The number of hydrogen-bond acceptors (Lipinski definition) is 4. The summed E-state index contributed by atoms with van der Waals surface area (Å²) < 4.78 is 0.